The highest BCUT2D eigenvalue weighted by Gasteiger charge is 1.98. The number of pyridine rings is 1. The summed E-state index contributed by atoms with van der Waals surface area (Å²) < 4.78 is 0. The van der Waals surface area contributed by atoms with Gasteiger partial charge < -0.3 is 0 Å². The Balaban J connectivity index is 2.83. The van der Waals surface area contributed by atoms with Crippen molar-refractivity contribution in [3.63, 3.8) is 0 Å². The first-order valence-corrected chi connectivity index (χ1v) is 4.86. The van der Waals surface area contributed by atoms with Gasteiger partial charge in [0, 0.05) is 6.20 Å². The van der Waals surface area contributed by atoms with Crippen LogP contribution >= 0.6 is 0 Å². The van der Waals surface area contributed by atoms with Crippen molar-refractivity contribution in [3.05, 3.63) is 35.7 Å². The van der Waals surface area contributed by atoms with E-state index in [0.717, 1.165) is 12.1 Å². The molecule has 1 aromatic heterocycles. The van der Waals surface area contributed by atoms with Crippen LogP contribution in [-0.2, 0) is 6.42 Å². The Bertz CT molecular complexity index is 289. The van der Waals surface area contributed by atoms with E-state index in [2.05, 4.69) is 31.5 Å². The second-order valence-electron chi connectivity index (χ2n) is 3.34. The minimum atomic E-state index is 0.983. The summed E-state index contributed by atoms with van der Waals surface area (Å²) in [5.74, 6) is 0. The summed E-state index contributed by atoms with van der Waals surface area (Å²) in [4.78, 5) is 4.25. The second-order valence-corrected chi connectivity index (χ2v) is 3.34. The smallest absolute Gasteiger partial charge is 0.0626 e. The number of aryl methyl sites for hydroxylation is 2. The van der Waals surface area contributed by atoms with Crippen LogP contribution in [0.3, 0.4) is 0 Å². The van der Waals surface area contributed by atoms with Crippen molar-refractivity contribution in [3.8, 4) is 0 Å². The van der Waals surface area contributed by atoms with Gasteiger partial charge in [0.1, 0.15) is 0 Å². The average molecular weight is 175 g/mol. The van der Waals surface area contributed by atoms with Gasteiger partial charge in [-0.15, -0.1) is 0 Å². The summed E-state index contributed by atoms with van der Waals surface area (Å²) >= 11 is 0. The van der Waals surface area contributed by atoms with Gasteiger partial charge in [0.15, 0.2) is 0 Å². The third-order valence-corrected chi connectivity index (χ3v) is 2.24. The first kappa shape index (κ1) is 9.97. The van der Waals surface area contributed by atoms with Crippen molar-refractivity contribution in [1.29, 1.82) is 0 Å². The van der Waals surface area contributed by atoms with Gasteiger partial charge >= 0.3 is 0 Å². The third-order valence-electron chi connectivity index (χ3n) is 2.24. The van der Waals surface area contributed by atoms with Crippen LogP contribution < -0.4 is 0 Å². The van der Waals surface area contributed by atoms with Crippen molar-refractivity contribution < 1.29 is 0 Å². The van der Waals surface area contributed by atoms with Gasteiger partial charge in [0.25, 0.3) is 0 Å². The van der Waals surface area contributed by atoms with Crippen LogP contribution in [0.25, 0.3) is 6.08 Å². The summed E-state index contributed by atoms with van der Waals surface area (Å²) in [5, 5.41) is 0. The number of unbranched alkanes of at least 4 members (excludes halogenated alkanes) is 1. The van der Waals surface area contributed by atoms with E-state index in [0.29, 0.717) is 0 Å². The molecule has 0 saturated carbocycles. The topological polar surface area (TPSA) is 12.9 Å². The molecule has 1 rings (SSSR count). The van der Waals surface area contributed by atoms with Crippen molar-refractivity contribution in [2.24, 2.45) is 0 Å². The van der Waals surface area contributed by atoms with Crippen LogP contribution in [0.1, 0.15) is 36.6 Å². The molecule has 1 nitrogen and oxygen atoms in total. The Labute approximate surface area is 80.5 Å². The molecule has 0 aliphatic rings. The predicted molar refractivity (Wildman–Crippen MR) is 57.7 cm³/mol. The van der Waals surface area contributed by atoms with Crippen molar-refractivity contribution in [2.75, 3.05) is 0 Å². The Morgan fingerprint density at radius 3 is 2.92 bits per heavy atom. The van der Waals surface area contributed by atoms with E-state index in [1.54, 1.807) is 6.08 Å². The first-order valence-electron chi connectivity index (χ1n) is 4.86. The Morgan fingerprint density at radius 2 is 2.31 bits per heavy atom. The van der Waals surface area contributed by atoms with E-state index in [-0.39, 0.29) is 0 Å². The van der Waals surface area contributed by atoms with Gasteiger partial charge in [0.2, 0.25) is 0 Å². The lowest BCUT2D eigenvalue weighted by Gasteiger charge is -2.05. The Hall–Kier alpha value is -1.11. The summed E-state index contributed by atoms with van der Waals surface area (Å²) in [7, 11) is 0. The number of aromatic nitrogens is 1. The third kappa shape index (κ3) is 2.69. The van der Waals surface area contributed by atoms with Crippen LogP contribution in [0.2, 0.25) is 0 Å². The van der Waals surface area contributed by atoms with Crippen LogP contribution in [-0.4, -0.2) is 4.98 Å². The highest BCUT2D eigenvalue weighted by atomic mass is 14.7. The Morgan fingerprint density at radius 1 is 1.54 bits per heavy atom. The number of hydrogen-bond acceptors (Lipinski definition) is 1. The van der Waals surface area contributed by atoms with Crippen LogP contribution in [0.4, 0.5) is 0 Å². The fourth-order valence-corrected chi connectivity index (χ4v) is 1.33. The molecule has 13 heavy (non-hydrogen) atoms. The molecule has 1 aromatic rings. The Kier molecular flexibility index (Phi) is 3.69. The maximum Gasteiger partial charge on any atom is 0.0626 e. The van der Waals surface area contributed by atoms with E-state index in [1.165, 1.54) is 24.0 Å². The van der Waals surface area contributed by atoms with Crippen molar-refractivity contribution >= 4 is 6.08 Å². The number of rotatable bonds is 4. The molecule has 0 spiro atoms. The SMILES string of the molecule is C=Cc1cc(CCCC)c(C)cn1. The van der Waals surface area contributed by atoms with Crippen molar-refractivity contribution in [1.82, 2.24) is 4.98 Å². The molecule has 0 aromatic carbocycles. The molecular weight excluding hydrogens is 158 g/mol. The van der Waals surface area contributed by atoms with Crippen LogP contribution in [0, 0.1) is 6.92 Å². The van der Waals surface area contributed by atoms with Gasteiger partial charge in [-0.2, -0.15) is 0 Å². The number of nitrogens with zero attached hydrogens (tertiary/aromatic N) is 1. The fourth-order valence-electron chi connectivity index (χ4n) is 1.33. The van der Waals surface area contributed by atoms with E-state index in [4.69, 9.17) is 0 Å². The molecule has 1 heteroatoms. The van der Waals surface area contributed by atoms with E-state index < -0.39 is 0 Å². The van der Waals surface area contributed by atoms with Gasteiger partial charge in [-0.25, -0.2) is 0 Å². The molecule has 0 radical (unpaired) electrons. The molecular formula is C12H17N. The lowest BCUT2D eigenvalue weighted by atomic mass is 10.0. The molecule has 0 atom stereocenters. The quantitative estimate of drug-likeness (QED) is 0.683. The average Bonchev–Trinajstić information content (AvgIpc) is 2.17. The second kappa shape index (κ2) is 4.80. The molecule has 0 aliphatic heterocycles. The largest absolute Gasteiger partial charge is 0.257 e. The zero-order valence-electron chi connectivity index (χ0n) is 8.51. The molecule has 1 heterocycles. The van der Waals surface area contributed by atoms with E-state index in [1.807, 2.05) is 6.20 Å². The molecule has 0 aliphatic carbocycles. The molecule has 0 unspecified atom stereocenters. The molecule has 0 amide bonds. The fraction of sp³-hybridized carbons (Fsp3) is 0.417. The predicted octanol–water partition coefficient (Wildman–Crippen LogP) is 3.38. The maximum absolute atomic E-state index is 4.25. The first-order chi connectivity index (χ1) is 6.27. The highest BCUT2D eigenvalue weighted by molar-refractivity contribution is 5.44. The van der Waals surface area contributed by atoms with Gasteiger partial charge in [-0.05, 0) is 43.0 Å². The molecule has 0 N–H and O–H groups in total. The lowest BCUT2D eigenvalue weighted by Crippen LogP contribution is -1.92. The summed E-state index contributed by atoms with van der Waals surface area (Å²) in [6, 6.07) is 2.14. The molecule has 70 valence electrons. The van der Waals surface area contributed by atoms with E-state index in [9.17, 15) is 0 Å². The summed E-state index contributed by atoms with van der Waals surface area (Å²) in [6.07, 6.45) is 7.38. The molecule has 0 fully saturated rings. The minimum Gasteiger partial charge on any atom is -0.257 e. The minimum absolute atomic E-state index is 0.983. The molecule has 0 saturated heterocycles. The monoisotopic (exact) mass is 175 g/mol. The summed E-state index contributed by atoms with van der Waals surface area (Å²) in [5.41, 5.74) is 3.68. The summed E-state index contributed by atoms with van der Waals surface area (Å²) in [6.45, 7) is 8.05. The van der Waals surface area contributed by atoms with Gasteiger partial charge in [0.05, 0.1) is 5.69 Å². The lowest BCUT2D eigenvalue weighted by molar-refractivity contribution is 0.789. The molecule has 0 bridgehead atoms. The highest BCUT2D eigenvalue weighted by Crippen LogP contribution is 2.12. The van der Waals surface area contributed by atoms with Crippen molar-refractivity contribution in [2.45, 2.75) is 33.1 Å². The number of hydrogen-bond donors (Lipinski definition) is 0. The van der Waals surface area contributed by atoms with E-state index >= 15 is 0 Å². The van der Waals surface area contributed by atoms with Crippen LogP contribution in [0.15, 0.2) is 18.8 Å². The normalized spacial score (nSPS) is 10.0. The van der Waals surface area contributed by atoms with Gasteiger partial charge in [-0.3, -0.25) is 4.98 Å². The van der Waals surface area contributed by atoms with Gasteiger partial charge in [-0.1, -0.05) is 19.9 Å². The maximum atomic E-state index is 4.25. The standard InChI is InChI=1S/C12H17N/c1-4-6-7-11-8-12(5-2)13-9-10(11)3/h5,8-9H,2,4,6-7H2,1,3H3. The van der Waals surface area contributed by atoms with Crippen LogP contribution in [0.5, 0.6) is 0 Å². The zero-order valence-corrected chi connectivity index (χ0v) is 8.51. The zero-order chi connectivity index (χ0) is 9.68.